The van der Waals surface area contributed by atoms with Crippen LogP contribution < -0.4 is 11.1 Å². The van der Waals surface area contributed by atoms with Crippen LogP contribution in [-0.2, 0) is 13.6 Å². The smallest absolute Gasteiger partial charge is 0.251 e. The summed E-state index contributed by atoms with van der Waals surface area (Å²) < 4.78 is 1.70. The number of aryl methyl sites for hydroxylation is 1. The molecule has 2 aromatic rings. The molecule has 0 aliphatic heterocycles. The second kappa shape index (κ2) is 4.91. The van der Waals surface area contributed by atoms with Crippen LogP contribution in [0.25, 0.3) is 0 Å². The van der Waals surface area contributed by atoms with Crippen LogP contribution in [0.2, 0.25) is 0 Å². The number of rotatable bonds is 3. The van der Waals surface area contributed by atoms with Gasteiger partial charge in [-0.2, -0.15) is 5.10 Å². The average Bonchev–Trinajstić information content (AvgIpc) is 2.76. The van der Waals surface area contributed by atoms with Gasteiger partial charge in [0.2, 0.25) is 0 Å². The maximum absolute atomic E-state index is 12.0. The van der Waals surface area contributed by atoms with E-state index in [2.05, 4.69) is 10.4 Å². The highest BCUT2D eigenvalue weighted by Gasteiger charge is 2.10. The highest BCUT2D eigenvalue weighted by Crippen LogP contribution is 2.15. The quantitative estimate of drug-likeness (QED) is 0.798. The average molecular weight is 244 g/mol. The van der Waals surface area contributed by atoms with E-state index in [-0.39, 0.29) is 5.91 Å². The zero-order valence-corrected chi connectivity index (χ0v) is 10.5. The lowest BCUT2D eigenvalue weighted by atomic mass is 10.1. The van der Waals surface area contributed by atoms with Crippen LogP contribution in [0.4, 0.5) is 5.69 Å². The Kier molecular flexibility index (Phi) is 3.32. The van der Waals surface area contributed by atoms with Crippen molar-refractivity contribution in [2.75, 3.05) is 5.73 Å². The lowest BCUT2D eigenvalue weighted by molar-refractivity contribution is 0.0950. The summed E-state index contributed by atoms with van der Waals surface area (Å²) in [5.41, 5.74) is 8.79. The molecule has 2 rings (SSSR count). The van der Waals surface area contributed by atoms with Gasteiger partial charge >= 0.3 is 0 Å². The molecular formula is C13H16N4O. The number of hydrogen-bond acceptors (Lipinski definition) is 3. The standard InChI is InChI=1S/C13H16N4O/c1-9-11(4-3-5-12(9)14)13(18)15-6-10-7-16-17(2)8-10/h3-5,7-8H,6,14H2,1-2H3,(H,15,18). The molecule has 3 N–H and O–H groups in total. The van der Waals surface area contributed by atoms with Crippen molar-refractivity contribution in [3.8, 4) is 0 Å². The van der Waals surface area contributed by atoms with Crippen molar-refractivity contribution in [2.45, 2.75) is 13.5 Å². The highest BCUT2D eigenvalue weighted by molar-refractivity contribution is 5.96. The van der Waals surface area contributed by atoms with Crippen molar-refractivity contribution in [2.24, 2.45) is 7.05 Å². The van der Waals surface area contributed by atoms with Gasteiger partial charge in [0.05, 0.1) is 6.20 Å². The number of carbonyl (C=O) groups excluding carboxylic acids is 1. The van der Waals surface area contributed by atoms with Gasteiger partial charge in [0.15, 0.2) is 0 Å². The Hall–Kier alpha value is -2.30. The van der Waals surface area contributed by atoms with Crippen molar-refractivity contribution in [1.82, 2.24) is 15.1 Å². The van der Waals surface area contributed by atoms with Crippen LogP contribution in [0.15, 0.2) is 30.6 Å². The summed E-state index contributed by atoms with van der Waals surface area (Å²) in [6.45, 7) is 2.30. The monoisotopic (exact) mass is 244 g/mol. The highest BCUT2D eigenvalue weighted by atomic mass is 16.1. The summed E-state index contributed by atoms with van der Waals surface area (Å²) in [6, 6.07) is 5.33. The predicted molar refractivity (Wildman–Crippen MR) is 70.0 cm³/mol. The van der Waals surface area contributed by atoms with E-state index in [1.807, 2.05) is 20.2 Å². The van der Waals surface area contributed by atoms with Crippen molar-refractivity contribution >= 4 is 11.6 Å². The zero-order valence-electron chi connectivity index (χ0n) is 10.5. The van der Waals surface area contributed by atoms with E-state index >= 15 is 0 Å². The van der Waals surface area contributed by atoms with Gasteiger partial charge < -0.3 is 11.1 Å². The number of nitrogen functional groups attached to an aromatic ring is 1. The van der Waals surface area contributed by atoms with Crippen LogP contribution in [0, 0.1) is 6.92 Å². The lowest BCUT2D eigenvalue weighted by Gasteiger charge is -2.08. The normalized spacial score (nSPS) is 10.3. The topological polar surface area (TPSA) is 72.9 Å². The molecular weight excluding hydrogens is 228 g/mol. The van der Waals surface area contributed by atoms with Crippen LogP contribution >= 0.6 is 0 Å². The van der Waals surface area contributed by atoms with E-state index in [4.69, 9.17) is 5.73 Å². The van der Waals surface area contributed by atoms with E-state index in [0.29, 0.717) is 17.8 Å². The fraction of sp³-hybridized carbons (Fsp3) is 0.231. The van der Waals surface area contributed by atoms with E-state index in [1.165, 1.54) is 0 Å². The van der Waals surface area contributed by atoms with Gasteiger partial charge in [-0.25, -0.2) is 0 Å². The van der Waals surface area contributed by atoms with Crippen LogP contribution in [0.1, 0.15) is 21.5 Å². The van der Waals surface area contributed by atoms with Crippen molar-refractivity contribution < 1.29 is 4.79 Å². The minimum Gasteiger partial charge on any atom is -0.398 e. The summed E-state index contributed by atoms with van der Waals surface area (Å²) in [5, 5.41) is 6.89. The number of amides is 1. The molecule has 0 saturated heterocycles. The number of aromatic nitrogens is 2. The second-order valence-corrected chi connectivity index (χ2v) is 4.22. The van der Waals surface area contributed by atoms with E-state index in [0.717, 1.165) is 11.1 Å². The van der Waals surface area contributed by atoms with Gasteiger partial charge in [0.25, 0.3) is 5.91 Å². The molecule has 1 aromatic carbocycles. The maximum atomic E-state index is 12.0. The molecule has 0 bridgehead atoms. The van der Waals surface area contributed by atoms with Gasteiger partial charge in [0, 0.05) is 36.6 Å². The van der Waals surface area contributed by atoms with Gasteiger partial charge in [-0.1, -0.05) is 6.07 Å². The van der Waals surface area contributed by atoms with E-state index in [1.54, 1.807) is 29.1 Å². The number of nitrogens with zero attached hydrogens (tertiary/aromatic N) is 2. The van der Waals surface area contributed by atoms with Gasteiger partial charge in [-0.05, 0) is 24.6 Å². The fourth-order valence-corrected chi connectivity index (χ4v) is 1.74. The third-order valence-corrected chi connectivity index (χ3v) is 2.83. The molecule has 1 heterocycles. The molecule has 0 aliphatic carbocycles. The number of nitrogens with one attached hydrogen (secondary N) is 1. The van der Waals surface area contributed by atoms with Crippen LogP contribution in [0.3, 0.4) is 0 Å². The largest absolute Gasteiger partial charge is 0.398 e. The Morgan fingerprint density at radius 1 is 1.50 bits per heavy atom. The summed E-state index contributed by atoms with van der Waals surface area (Å²) in [4.78, 5) is 12.0. The molecule has 1 aromatic heterocycles. The molecule has 0 aliphatic rings. The second-order valence-electron chi connectivity index (χ2n) is 4.22. The molecule has 0 saturated carbocycles. The first kappa shape index (κ1) is 12.2. The van der Waals surface area contributed by atoms with Gasteiger partial charge in [0.1, 0.15) is 0 Å². The third kappa shape index (κ3) is 2.51. The maximum Gasteiger partial charge on any atom is 0.251 e. The summed E-state index contributed by atoms with van der Waals surface area (Å²) in [5.74, 6) is -0.122. The molecule has 5 nitrogen and oxygen atoms in total. The fourth-order valence-electron chi connectivity index (χ4n) is 1.74. The number of anilines is 1. The third-order valence-electron chi connectivity index (χ3n) is 2.83. The van der Waals surface area contributed by atoms with E-state index < -0.39 is 0 Å². The van der Waals surface area contributed by atoms with Gasteiger partial charge in [-0.15, -0.1) is 0 Å². The molecule has 0 atom stereocenters. The SMILES string of the molecule is Cc1c(N)cccc1C(=O)NCc1cnn(C)c1. The van der Waals surface area contributed by atoms with Crippen molar-refractivity contribution in [1.29, 1.82) is 0 Å². The molecule has 0 radical (unpaired) electrons. The molecule has 18 heavy (non-hydrogen) atoms. The molecule has 94 valence electrons. The Labute approximate surface area is 106 Å². The lowest BCUT2D eigenvalue weighted by Crippen LogP contribution is -2.23. The summed E-state index contributed by atoms with van der Waals surface area (Å²) in [6.07, 6.45) is 3.60. The molecule has 1 amide bonds. The first-order valence-electron chi connectivity index (χ1n) is 5.68. The van der Waals surface area contributed by atoms with Gasteiger partial charge in [-0.3, -0.25) is 9.48 Å². The molecule has 0 unspecified atom stereocenters. The van der Waals surface area contributed by atoms with Crippen LogP contribution in [0.5, 0.6) is 0 Å². The predicted octanol–water partition coefficient (Wildman–Crippen LogP) is 1.24. The molecule has 0 fully saturated rings. The zero-order chi connectivity index (χ0) is 13.1. The minimum absolute atomic E-state index is 0.122. The number of nitrogens with two attached hydrogens (primary N) is 1. The number of carbonyl (C=O) groups is 1. The van der Waals surface area contributed by atoms with Crippen LogP contribution in [-0.4, -0.2) is 15.7 Å². The Bertz CT molecular complexity index is 574. The van der Waals surface area contributed by atoms with Crippen molar-refractivity contribution in [3.05, 3.63) is 47.3 Å². The number of hydrogen-bond donors (Lipinski definition) is 2. The van der Waals surface area contributed by atoms with E-state index in [9.17, 15) is 4.79 Å². The molecule has 5 heteroatoms. The first-order valence-corrected chi connectivity index (χ1v) is 5.68. The molecule has 0 spiro atoms. The first-order chi connectivity index (χ1) is 8.58. The summed E-state index contributed by atoms with van der Waals surface area (Å²) in [7, 11) is 1.84. The number of benzene rings is 1. The Morgan fingerprint density at radius 2 is 2.28 bits per heavy atom. The van der Waals surface area contributed by atoms with Crippen molar-refractivity contribution in [3.63, 3.8) is 0 Å². The summed E-state index contributed by atoms with van der Waals surface area (Å²) >= 11 is 0. The Balaban J connectivity index is 2.06. The Morgan fingerprint density at radius 3 is 2.94 bits per heavy atom. The minimum atomic E-state index is -0.122.